The maximum Gasteiger partial charge on any atom is 0.243 e. The lowest BCUT2D eigenvalue weighted by atomic mass is 10.2. The van der Waals surface area contributed by atoms with Crippen LogP contribution >= 0.6 is 0 Å². The molecule has 0 aromatic rings. The summed E-state index contributed by atoms with van der Waals surface area (Å²) in [5.41, 5.74) is 0. The van der Waals surface area contributed by atoms with E-state index >= 15 is 0 Å². The third-order valence-electron chi connectivity index (χ3n) is 3.88. The molecule has 2 aliphatic rings. The monoisotopic (exact) mass is 251 g/mol. The summed E-state index contributed by atoms with van der Waals surface area (Å²) in [7, 11) is 1.91. The topological polar surface area (TPSA) is 35.6 Å². The highest BCUT2D eigenvalue weighted by Gasteiger charge is 2.21. The molecule has 1 fully saturated rings. The number of likely N-dealkylation sites (N-methyl/N-ethyl adjacent to an activating group) is 1. The van der Waals surface area contributed by atoms with Crippen molar-refractivity contribution in [3.63, 3.8) is 0 Å². The Morgan fingerprint density at radius 3 is 2.67 bits per heavy atom. The van der Waals surface area contributed by atoms with Gasteiger partial charge in [0.1, 0.15) is 6.04 Å². The van der Waals surface area contributed by atoms with Gasteiger partial charge in [0.05, 0.1) is 0 Å². The standard InChI is InChI=1S/C14H25N3O/c1-16(14(18)13-7-6-8-15-13)11-12-17-9-4-2-3-5-10-17/h6-7,13,15H,2-5,8-12H2,1H3/t13-/m1/s1. The van der Waals surface area contributed by atoms with Crippen LogP contribution in [0.1, 0.15) is 25.7 Å². The Labute approximate surface area is 110 Å². The molecule has 0 aliphatic carbocycles. The maximum absolute atomic E-state index is 12.1. The van der Waals surface area contributed by atoms with Gasteiger partial charge in [-0.05, 0) is 25.9 Å². The largest absolute Gasteiger partial charge is 0.343 e. The van der Waals surface area contributed by atoms with E-state index in [0.717, 1.165) is 19.6 Å². The molecular weight excluding hydrogens is 226 g/mol. The fraction of sp³-hybridized carbons (Fsp3) is 0.786. The summed E-state index contributed by atoms with van der Waals surface area (Å²) < 4.78 is 0. The van der Waals surface area contributed by atoms with Crippen molar-refractivity contribution in [2.75, 3.05) is 39.8 Å². The van der Waals surface area contributed by atoms with E-state index in [1.165, 1.54) is 38.8 Å². The van der Waals surface area contributed by atoms with Crippen molar-refractivity contribution in [2.24, 2.45) is 0 Å². The van der Waals surface area contributed by atoms with E-state index in [2.05, 4.69) is 10.2 Å². The lowest BCUT2D eigenvalue weighted by Gasteiger charge is -2.25. The summed E-state index contributed by atoms with van der Waals surface area (Å²) in [6, 6.07) is -0.0980. The van der Waals surface area contributed by atoms with Gasteiger partial charge >= 0.3 is 0 Å². The molecule has 2 rings (SSSR count). The molecule has 1 atom stereocenters. The Kier molecular flexibility index (Phi) is 5.20. The Balaban J connectivity index is 1.71. The maximum atomic E-state index is 12.1. The van der Waals surface area contributed by atoms with E-state index in [4.69, 9.17) is 0 Å². The number of amides is 1. The molecule has 102 valence electrons. The van der Waals surface area contributed by atoms with Crippen molar-refractivity contribution in [3.05, 3.63) is 12.2 Å². The average molecular weight is 251 g/mol. The van der Waals surface area contributed by atoms with E-state index in [0.29, 0.717) is 0 Å². The molecule has 18 heavy (non-hydrogen) atoms. The Morgan fingerprint density at radius 2 is 2.06 bits per heavy atom. The smallest absolute Gasteiger partial charge is 0.243 e. The first-order valence-corrected chi connectivity index (χ1v) is 7.15. The van der Waals surface area contributed by atoms with Crippen molar-refractivity contribution in [1.82, 2.24) is 15.1 Å². The van der Waals surface area contributed by atoms with Crippen molar-refractivity contribution in [2.45, 2.75) is 31.7 Å². The van der Waals surface area contributed by atoms with Crippen LogP contribution in [0.3, 0.4) is 0 Å². The summed E-state index contributed by atoms with van der Waals surface area (Å²) in [6.07, 6.45) is 9.33. The lowest BCUT2D eigenvalue weighted by Crippen LogP contribution is -2.44. The number of carbonyl (C=O) groups is 1. The van der Waals surface area contributed by atoms with E-state index in [9.17, 15) is 4.79 Å². The third kappa shape index (κ3) is 3.82. The number of nitrogens with zero attached hydrogens (tertiary/aromatic N) is 2. The van der Waals surface area contributed by atoms with Gasteiger partial charge in [-0.3, -0.25) is 10.1 Å². The highest BCUT2D eigenvalue weighted by molar-refractivity contribution is 5.84. The molecule has 1 amide bonds. The number of rotatable bonds is 4. The second kappa shape index (κ2) is 6.90. The van der Waals surface area contributed by atoms with Gasteiger partial charge in [0.15, 0.2) is 0 Å². The first-order valence-electron chi connectivity index (χ1n) is 7.15. The SMILES string of the molecule is CN(CCN1CCCCCC1)C(=O)[C@H]1C=CCN1. The summed E-state index contributed by atoms with van der Waals surface area (Å²) >= 11 is 0. The summed E-state index contributed by atoms with van der Waals surface area (Å²) in [6.45, 7) is 5.06. The molecule has 2 heterocycles. The first kappa shape index (κ1) is 13.6. The predicted octanol–water partition coefficient (Wildman–Crippen LogP) is 0.849. The molecule has 2 aliphatic heterocycles. The zero-order valence-electron chi connectivity index (χ0n) is 11.4. The van der Waals surface area contributed by atoms with Gasteiger partial charge in [-0.2, -0.15) is 0 Å². The van der Waals surface area contributed by atoms with Crippen LogP contribution in [0.15, 0.2) is 12.2 Å². The molecule has 0 aromatic carbocycles. The third-order valence-corrected chi connectivity index (χ3v) is 3.88. The van der Waals surface area contributed by atoms with Crippen LogP contribution in [-0.2, 0) is 4.79 Å². The van der Waals surface area contributed by atoms with Crippen molar-refractivity contribution >= 4 is 5.91 Å². The Morgan fingerprint density at radius 1 is 1.33 bits per heavy atom. The summed E-state index contributed by atoms with van der Waals surface area (Å²) in [4.78, 5) is 16.4. The minimum atomic E-state index is -0.0980. The molecule has 1 N–H and O–H groups in total. The van der Waals surface area contributed by atoms with Gasteiger partial charge in [0.25, 0.3) is 0 Å². The fourth-order valence-electron chi connectivity index (χ4n) is 2.64. The highest BCUT2D eigenvalue weighted by Crippen LogP contribution is 2.09. The van der Waals surface area contributed by atoms with Crippen LogP contribution in [0, 0.1) is 0 Å². The molecule has 4 nitrogen and oxygen atoms in total. The Hall–Kier alpha value is -0.870. The second-order valence-electron chi connectivity index (χ2n) is 5.33. The van der Waals surface area contributed by atoms with Crippen LogP contribution in [0.2, 0.25) is 0 Å². The van der Waals surface area contributed by atoms with Crippen LogP contribution in [0.5, 0.6) is 0 Å². The minimum Gasteiger partial charge on any atom is -0.343 e. The molecular formula is C14H25N3O. The van der Waals surface area contributed by atoms with Gasteiger partial charge in [-0.25, -0.2) is 0 Å². The quantitative estimate of drug-likeness (QED) is 0.752. The van der Waals surface area contributed by atoms with E-state index in [1.807, 2.05) is 24.1 Å². The second-order valence-corrected chi connectivity index (χ2v) is 5.33. The lowest BCUT2D eigenvalue weighted by molar-refractivity contribution is -0.130. The first-order chi connectivity index (χ1) is 8.77. The zero-order valence-corrected chi connectivity index (χ0v) is 11.4. The number of carbonyl (C=O) groups excluding carboxylic acids is 1. The number of nitrogens with one attached hydrogen (secondary N) is 1. The van der Waals surface area contributed by atoms with Crippen LogP contribution in [-0.4, -0.2) is 61.5 Å². The van der Waals surface area contributed by atoms with Gasteiger partial charge in [0.2, 0.25) is 5.91 Å². The summed E-state index contributed by atoms with van der Waals surface area (Å²) in [5, 5.41) is 3.17. The molecule has 0 bridgehead atoms. The Bertz CT molecular complexity index is 295. The average Bonchev–Trinajstić information content (AvgIpc) is 2.79. The van der Waals surface area contributed by atoms with Gasteiger partial charge in [-0.1, -0.05) is 25.0 Å². The van der Waals surface area contributed by atoms with E-state index in [1.54, 1.807) is 0 Å². The van der Waals surface area contributed by atoms with Gasteiger partial charge < -0.3 is 9.80 Å². The van der Waals surface area contributed by atoms with E-state index < -0.39 is 0 Å². The minimum absolute atomic E-state index is 0.0980. The van der Waals surface area contributed by atoms with Crippen LogP contribution < -0.4 is 5.32 Å². The predicted molar refractivity (Wildman–Crippen MR) is 73.5 cm³/mol. The number of hydrogen-bond donors (Lipinski definition) is 1. The number of hydrogen-bond acceptors (Lipinski definition) is 3. The van der Waals surface area contributed by atoms with E-state index in [-0.39, 0.29) is 11.9 Å². The molecule has 0 unspecified atom stereocenters. The van der Waals surface area contributed by atoms with Crippen molar-refractivity contribution in [1.29, 1.82) is 0 Å². The molecule has 0 spiro atoms. The van der Waals surface area contributed by atoms with Gasteiger partial charge in [0, 0.05) is 26.7 Å². The molecule has 0 radical (unpaired) electrons. The highest BCUT2D eigenvalue weighted by atomic mass is 16.2. The molecule has 0 aromatic heterocycles. The molecule has 1 saturated heterocycles. The van der Waals surface area contributed by atoms with Crippen LogP contribution in [0.25, 0.3) is 0 Å². The van der Waals surface area contributed by atoms with Crippen LogP contribution in [0.4, 0.5) is 0 Å². The normalized spacial score (nSPS) is 25.1. The zero-order chi connectivity index (χ0) is 12.8. The molecule has 4 heteroatoms. The number of likely N-dealkylation sites (tertiary alicyclic amines) is 1. The van der Waals surface area contributed by atoms with Crippen molar-refractivity contribution in [3.8, 4) is 0 Å². The van der Waals surface area contributed by atoms with Gasteiger partial charge in [-0.15, -0.1) is 0 Å². The fourth-order valence-corrected chi connectivity index (χ4v) is 2.64. The summed E-state index contributed by atoms with van der Waals surface area (Å²) in [5.74, 6) is 0.193. The van der Waals surface area contributed by atoms with Crippen molar-refractivity contribution < 1.29 is 4.79 Å². The molecule has 0 saturated carbocycles.